The van der Waals surface area contributed by atoms with Crippen molar-refractivity contribution in [2.75, 3.05) is 26.8 Å². The van der Waals surface area contributed by atoms with E-state index in [1.54, 1.807) is 24.6 Å². The number of aromatic nitrogens is 1. The Morgan fingerprint density at radius 2 is 2.09 bits per heavy atom. The van der Waals surface area contributed by atoms with Crippen molar-refractivity contribution in [2.24, 2.45) is 5.73 Å². The highest BCUT2D eigenvalue weighted by molar-refractivity contribution is 7.07. The Kier molecular flexibility index (Phi) is 9.41. The first-order valence-electron chi connectivity index (χ1n) is 11.7. The Balaban J connectivity index is 1.56. The van der Waals surface area contributed by atoms with Crippen LogP contribution in [0, 0.1) is 6.92 Å². The molecule has 2 amide bonds. The van der Waals surface area contributed by atoms with Gasteiger partial charge in [-0.05, 0) is 73.6 Å². The molecule has 0 aromatic carbocycles. The zero-order valence-electron chi connectivity index (χ0n) is 20.0. The number of carbonyl (C=O) groups excluding carboxylic acids is 2. The van der Waals surface area contributed by atoms with Gasteiger partial charge in [0.2, 0.25) is 5.91 Å². The van der Waals surface area contributed by atoms with E-state index in [0.717, 1.165) is 50.0 Å². The number of ether oxygens (including phenoxy) is 1. The van der Waals surface area contributed by atoms with Gasteiger partial charge in [0.1, 0.15) is 0 Å². The summed E-state index contributed by atoms with van der Waals surface area (Å²) in [5, 5.41) is 4.18. The molecule has 2 N–H and O–H groups in total. The fraction of sp³-hybridized carbons (Fsp3) is 0.560. The second-order valence-electron chi connectivity index (χ2n) is 8.86. The lowest BCUT2D eigenvalue weighted by Gasteiger charge is -2.41. The van der Waals surface area contributed by atoms with Crippen molar-refractivity contribution in [1.29, 1.82) is 0 Å². The van der Waals surface area contributed by atoms with E-state index in [1.807, 2.05) is 13.0 Å². The monoisotopic (exact) mass is 472 g/mol. The van der Waals surface area contributed by atoms with Gasteiger partial charge < -0.3 is 20.3 Å². The predicted molar refractivity (Wildman–Crippen MR) is 131 cm³/mol. The number of hydrogen-bond acceptors (Lipinski definition) is 6. The molecule has 1 fully saturated rings. The van der Waals surface area contributed by atoms with E-state index >= 15 is 0 Å². The molecule has 0 spiro atoms. The number of carbonyl (C=O) groups is 2. The van der Waals surface area contributed by atoms with Crippen molar-refractivity contribution >= 4 is 23.2 Å². The highest BCUT2D eigenvalue weighted by atomic mass is 32.1. The van der Waals surface area contributed by atoms with Crippen LogP contribution in [0.2, 0.25) is 0 Å². The van der Waals surface area contributed by atoms with Gasteiger partial charge in [0.05, 0.1) is 24.3 Å². The number of hydrogen-bond donors (Lipinski definition) is 1. The quantitative estimate of drug-likeness (QED) is 0.541. The SMILES string of the molecule is COCCC(=O)N(Cc1ccsc1)C1CCN([C@H](C)CCc2nccc(C)c2C(N)=O)CC1. The Morgan fingerprint density at radius 1 is 1.33 bits per heavy atom. The summed E-state index contributed by atoms with van der Waals surface area (Å²) >= 11 is 1.66. The molecular formula is C25H36N4O3S. The van der Waals surface area contributed by atoms with Crippen LogP contribution in [0.5, 0.6) is 0 Å². The maximum atomic E-state index is 12.9. The molecule has 0 bridgehead atoms. The molecule has 0 unspecified atom stereocenters. The second kappa shape index (κ2) is 12.3. The molecule has 2 aromatic rings. The molecule has 1 saturated heterocycles. The molecule has 180 valence electrons. The number of thiophene rings is 1. The van der Waals surface area contributed by atoms with E-state index < -0.39 is 5.91 Å². The summed E-state index contributed by atoms with van der Waals surface area (Å²) in [5.41, 5.74) is 9.00. The van der Waals surface area contributed by atoms with E-state index in [9.17, 15) is 9.59 Å². The van der Waals surface area contributed by atoms with Gasteiger partial charge >= 0.3 is 0 Å². The molecule has 0 aliphatic carbocycles. The van der Waals surface area contributed by atoms with Crippen molar-refractivity contribution < 1.29 is 14.3 Å². The average molecular weight is 473 g/mol. The van der Waals surface area contributed by atoms with Crippen LogP contribution in [-0.4, -0.2) is 65.5 Å². The number of pyridine rings is 1. The van der Waals surface area contributed by atoms with Gasteiger partial charge in [0.15, 0.2) is 0 Å². The highest BCUT2D eigenvalue weighted by Gasteiger charge is 2.29. The van der Waals surface area contributed by atoms with E-state index in [1.165, 1.54) is 5.56 Å². The molecule has 7 nitrogen and oxygen atoms in total. The first-order valence-corrected chi connectivity index (χ1v) is 12.6. The van der Waals surface area contributed by atoms with Crippen molar-refractivity contribution in [3.8, 4) is 0 Å². The lowest BCUT2D eigenvalue weighted by molar-refractivity contribution is -0.136. The minimum Gasteiger partial charge on any atom is -0.384 e. The summed E-state index contributed by atoms with van der Waals surface area (Å²) in [6.07, 6.45) is 5.72. The summed E-state index contributed by atoms with van der Waals surface area (Å²) in [7, 11) is 1.63. The molecule has 8 heteroatoms. The number of aryl methyl sites for hydroxylation is 2. The third kappa shape index (κ3) is 6.85. The number of nitrogens with two attached hydrogens (primary N) is 1. The number of primary amides is 1. The number of amides is 2. The van der Waals surface area contributed by atoms with Crippen LogP contribution in [0.25, 0.3) is 0 Å². The van der Waals surface area contributed by atoms with Crippen molar-refractivity contribution in [3.05, 3.63) is 51.5 Å². The minimum atomic E-state index is -0.409. The Labute approximate surface area is 200 Å². The molecule has 3 rings (SSSR count). The molecule has 0 radical (unpaired) electrons. The lowest BCUT2D eigenvalue weighted by atomic mass is 9.98. The van der Waals surface area contributed by atoms with Gasteiger partial charge in [0.25, 0.3) is 5.91 Å². The lowest BCUT2D eigenvalue weighted by Crippen LogP contribution is -2.49. The minimum absolute atomic E-state index is 0.166. The number of nitrogens with zero attached hydrogens (tertiary/aromatic N) is 3. The molecule has 1 aliphatic heterocycles. The third-order valence-electron chi connectivity index (χ3n) is 6.62. The van der Waals surface area contributed by atoms with Gasteiger partial charge in [0, 0.05) is 45.0 Å². The number of methoxy groups -OCH3 is 1. The van der Waals surface area contributed by atoms with E-state index in [0.29, 0.717) is 31.2 Å². The zero-order chi connectivity index (χ0) is 23.8. The van der Waals surface area contributed by atoms with Crippen LogP contribution in [0.1, 0.15) is 59.8 Å². The molecular weight excluding hydrogens is 436 g/mol. The van der Waals surface area contributed by atoms with Crippen LogP contribution >= 0.6 is 11.3 Å². The normalized spacial score (nSPS) is 16.0. The smallest absolute Gasteiger partial charge is 0.250 e. The van der Waals surface area contributed by atoms with Crippen LogP contribution in [0.4, 0.5) is 0 Å². The molecule has 2 aromatic heterocycles. The van der Waals surface area contributed by atoms with Crippen LogP contribution in [0.15, 0.2) is 29.1 Å². The molecule has 1 aliphatic rings. The topological polar surface area (TPSA) is 88.8 Å². The maximum absolute atomic E-state index is 12.9. The largest absolute Gasteiger partial charge is 0.384 e. The number of rotatable bonds is 11. The Morgan fingerprint density at radius 3 is 2.73 bits per heavy atom. The summed E-state index contributed by atoms with van der Waals surface area (Å²) < 4.78 is 5.14. The standard InChI is InChI=1S/C25H36N4O3S/c1-18-6-11-27-22(24(18)25(26)31)5-4-19(2)28-12-7-21(8-13-28)29(23(30)9-14-32-3)16-20-10-15-33-17-20/h6,10-11,15,17,19,21H,4-5,7-9,12-14,16H2,1-3H3,(H2,26,31)/t19-/m1/s1. The highest BCUT2D eigenvalue weighted by Crippen LogP contribution is 2.24. The maximum Gasteiger partial charge on any atom is 0.250 e. The van der Waals surface area contributed by atoms with Crippen molar-refractivity contribution in [1.82, 2.24) is 14.8 Å². The van der Waals surface area contributed by atoms with E-state index in [-0.39, 0.29) is 11.9 Å². The fourth-order valence-electron chi connectivity index (χ4n) is 4.64. The third-order valence-corrected chi connectivity index (χ3v) is 7.35. The average Bonchev–Trinajstić information content (AvgIpc) is 3.32. The first-order chi connectivity index (χ1) is 15.9. The predicted octanol–water partition coefficient (Wildman–Crippen LogP) is 3.40. The van der Waals surface area contributed by atoms with Gasteiger partial charge in [-0.3, -0.25) is 14.6 Å². The summed E-state index contributed by atoms with van der Waals surface area (Å²) in [4.78, 5) is 33.7. The summed E-state index contributed by atoms with van der Waals surface area (Å²) in [5.74, 6) is -0.244. The molecule has 0 saturated carbocycles. The molecule has 3 heterocycles. The van der Waals surface area contributed by atoms with Crippen molar-refractivity contribution in [2.45, 2.75) is 64.6 Å². The number of piperidine rings is 1. The van der Waals surface area contributed by atoms with Gasteiger partial charge in [-0.15, -0.1) is 0 Å². The van der Waals surface area contributed by atoms with Gasteiger partial charge in [-0.25, -0.2) is 0 Å². The zero-order valence-corrected chi connectivity index (χ0v) is 20.8. The van der Waals surface area contributed by atoms with Crippen molar-refractivity contribution in [3.63, 3.8) is 0 Å². The summed E-state index contributed by atoms with van der Waals surface area (Å²) in [6, 6.07) is 4.53. The van der Waals surface area contributed by atoms with E-state index in [4.69, 9.17) is 10.5 Å². The first kappa shape index (κ1) is 25.3. The van der Waals surface area contributed by atoms with Gasteiger partial charge in [-0.1, -0.05) is 0 Å². The Bertz CT molecular complexity index is 910. The van der Waals surface area contributed by atoms with Crippen LogP contribution < -0.4 is 5.73 Å². The van der Waals surface area contributed by atoms with E-state index in [2.05, 4.69) is 38.5 Å². The van der Waals surface area contributed by atoms with Gasteiger partial charge in [-0.2, -0.15) is 11.3 Å². The summed E-state index contributed by atoms with van der Waals surface area (Å²) in [6.45, 7) is 7.15. The van der Waals surface area contributed by atoms with Crippen LogP contribution in [0.3, 0.4) is 0 Å². The Hall–Kier alpha value is -2.29. The second-order valence-corrected chi connectivity index (χ2v) is 9.64. The number of likely N-dealkylation sites (tertiary alicyclic amines) is 1. The van der Waals surface area contributed by atoms with Crippen LogP contribution in [-0.2, 0) is 22.5 Å². The fourth-order valence-corrected chi connectivity index (χ4v) is 5.30. The molecule has 33 heavy (non-hydrogen) atoms. The molecule has 1 atom stereocenters.